The van der Waals surface area contributed by atoms with Crippen molar-refractivity contribution in [3.05, 3.63) is 52.9 Å². The largest absolute Gasteiger partial charge is 0.297 e. The molecule has 22 heavy (non-hydrogen) atoms. The van der Waals surface area contributed by atoms with Crippen molar-refractivity contribution in [3.63, 3.8) is 0 Å². The van der Waals surface area contributed by atoms with Crippen LogP contribution in [0.25, 0.3) is 11.5 Å². The number of hydrogen-bond acceptors (Lipinski definition) is 7. The number of aromatic nitrogens is 5. The first-order valence-electron chi connectivity index (χ1n) is 6.91. The van der Waals surface area contributed by atoms with Crippen LogP contribution in [-0.4, -0.2) is 36.5 Å². The maximum absolute atomic E-state index is 4.39. The quantitative estimate of drug-likeness (QED) is 0.720. The fraction of sp³-hybridized carbons (Fsp3) is 0.267. The Morgan fingerprint density at radius 1 is 1.09 bits per heavy atom. The highest BCUT2D eigenvalue weighted by atomic mass is 32.1. The average molecular weight is 312 g/mol. The molecule has 0 saturated carbocycles. The van der Waals surface area contributed by atoms with Gasteiger partial charge in [0.2, 0.25) is 0 Å². The number of nitrogens with zero attached hydrogens (tertiary/aromatic N) is 6. The van der Waals surface area contributed by atoms with Crippen molar-refractivity contribution >= 4 is 11.5 Å². The molecule has 0 radical (unpaired) electrons. The fourth-order valence-electron chi connectivity index (χ4n) is 2.07. The van der Waals surface area contributed by atoms with Crippen molar-refractivity contribution in [2.24, 2.45) is 0 Å². The molecule has 0 aromatic carbocycles. The lowest BCUT2D eigenvalue weighted by molar-refractivity contribution is 0.320. The van der Waals surface area contributed by atoms with Gasteiger partial charge in [-0.3, -0.25) is 9.88 Å². The van der Waals surface area contributed by atoms with Crippen molar-refractivity contribution in [2.45, 2.75) is 20.0 Å². The smallest absolute Gasteiger partial charge is 0.178 e. The van der Waals surface area contributed by atoms with E-state index in [1.165, 1.54) is 16.4 Å². The van der Waals surface area contributed by atoms with Crippen LogP contribution >= 0.6 is 11.5 Å². The molecule has 7 heteroatoms. The maximum atomic E-state index is 4.39. The van der Waals surface area contributed by atoms with Gasteiger partial charge < -0.3 is 0 Å². The Kier molecular flexibility index (Phi) is 4.45. The van der Waals surface area contributed by atoms with Crippen LogP contribution < -0.4 is 0 Å². The van der Waals surface area contributed by atoms with Crippen LogP contribution in [0.15, 0.2) is 36.8 Å². The topological polar surface area (TPSA) is 67.7 Å². The Labute approximate surface area is 133 Å². The van der Waals surface area contributed by atoms with Gasteiger partial charge in [0.25, 0.3) is 0 Å². The summed E-state index contributed by atoms with van der Waals surface area (Å²) >= 11 is 1.45. The van der Waals surface area contributed by atoms with Crippen molar-refractivity contribution < 1.29 is 0 Å². The molecule has 3 heterocycles. The van der Waals surface area contributed by atoms with Gasteiger partial charge in [-0.15, -0.1) is 5.10 Å². The summed E-state index contributed by atoms with van der Waals surface area (Å²) in [6.07, 6.45) is 5.45. The van der Waals surface area contributed by atoms with Gasteiger partial charge in [0.15, 0.2) is 5.82 Å². The molecule has 0 spiro atoms. The van der Waals surface area contributed by atoms with E-state index in [1.54, 1.807) is 6.20 Å². The predicted octanol–water partition coefficient (Wildman–Crippen LogP) is 2.33. The second-order valence-electron chi connectivity index (χ2n) is 5.08. The minimum atomic E-state index is 0.648. The lowest BCUT2D eigenvalue weighted by atomic mass is 10.3. The molecule has 3 rings (SSSR count). The zero-order valence-corrected chi connectivity index (χ0v) is 13.3. The van der Waals surface area contributed by atoms with E-state index in [0.29, 0.717) is 5.82 Å². The molecule has 0 bridgehead atoms. The van der Waals surface area contributed by atoms with Crippen LogP contribution in [0.5, 0.6) is 0 Å². The van der Waals surface area contributed by atoms with Crippen LogP contribution in [0.3, 0.4) is 0 Å². The van der Waals surface area contributed by atoms with Crippen LogP contribution in [0.2, 0.25) is 0 Å². The monoisotopic (exact) mass is 312 g/mol. The normalized spacial score (nSPS) is 11.0. The molecule has 0 amide bonds. The van der Waals surface area contributed by atoms with Crippen LogP contribution in [0.4, 0.5) is 0 Å². The van der Waals surface area contributed by atoms with E-state index in [2.05, 4.69) is 36.5 Å². The Morgan fingerprint density at radius 2 is 1.91 bits per heavy atom. The number of hydrogen-bond donors (Lipinski definition) is 0. The van der Waals surface area contributed by atoms with E-state index < -0.39 is 0 Å². The molecule has 6 nitrogen and oxygen atoms in total. The second kappa shape index (κ2) is 6.67. The third kappa shape index (κ3) is 3.49. The molecule has 0 aliphatic heterocycles. The van der Waals surface area contributed by atoms with E-state index >= 15 is 0 Å². The first-order valence-corrected chi connectivity index (χ1v) is 7.68. The maximum Gasteiger partial charge on any atom is 0.178 e. The van der Waals surface area contributed by atoms with Gasteiger partial charge in [-0.1, -0.05) is 10.6 Å². The summed E-state index contributed by atoms with van der Waals surface area (Å²) in [5.41, 5.74) is 2.85. The third-order valence-corrected chi connectivity index (χ3v) is 4.02. The highest BCUT2D eigenvalue weighted by Crippen LogP contribution is 2.14. The Balaban J connectivity index is 1.65. The van der Waals surface area contributed by atoms with Crippen molar-refractivity contribution in [3.8, 4) is 11.5 Å². The Bertz CT molecular complexity index is 725. The average Bonchev–Trinajstić information content (AvgIpc) is 2.94. The molecule has 0 aliphatic carbocycles. The Hall–Kier alpha value is -2.25. The van der Waals surface area contributed by atoms with Crippen LogP contribution in [-0.2, 0) is 13.1 Å². The molecular formula is C15H16N6S. The third-order valence-electron chi connectivity index (χ3n) is 3.21. The molecule has 0 aliphatic rings. The predicted molar refractivity (Wildman–Crippen MR) is 85.1 cm³/mol. The number of pyridine rings is 1. The van der Waals surface area contributed by atoms with E-state index in [-0.39, 0.29) is 0 Å². The summed E-state index contributed by atoms with van der Waals surface area (Å²) in [5.74, 6) is 0.648. The lowest BCUT2D eigenvalue weighted by Crippen LogP contribution is -2.17. The van der Waals surface area contributed by atoms with Gasteiger partial charge in [0.1, 0.15) is 5.69 Å². The fourth-order valence-corrected chi connectivity index (χ4v) is 2.79. The minimum absolute atomic E-state index is 0.648. The van der Waals surface area contributed by atoms with E-state index in [0.717, 1.165) is 30.0 Å². The molecule has 0 N–H and O–H groups in total. The summed E-state index contributed by atoms with van der Waals surface area (Å²) in [6.45, 7) is 3.59. The molecule has 0 atom stereocenters. The zero-order valence-electron chi connectivity index (χ0n) is 12.5. The highest BCUT2D eigenvalue weighted by Gasteiger charge is 2.08. The van der Waals surface area contributed by atoms with Gasteiger partial charge in [-0.05, 0) is 37.6 Å². The van der Waals surface area contributed by atoms with Crippen molar-refractivity contribution in [2.75, 3.05) is 7.05 Å². The minimum Gasteiger partial charge on any atom is -0.297 e. The number of aryl methyl sites for hydroxylation is 1. The summed E-state index contributed by atoms with van der Waals surface area (Å²) in [7, 11) is 2.06. The first kappa shape index (κ1) is 14.7. The summed E-state index contributed by atoms with van der Waals surface area (Å²) in [5, 5.41) is 4.03. The second-order valence-corrected chi connectivity index (χ2v) is 5.92. The molecular weight excluding hydrogens is 296 g/mol. The summed E-state index contributed by atoms with van der Waals surface area (Å²) < 4.78 is 3.96. The van der Waals surface area contributed by atoms with Gasteiger partial charge in [-0.2, -0.15) is 0 Å². The van der Waals surface area contributed by atoms with E-state index in [1.807, 2.05) is 37.5 Å². The van der Waals surface area contributed by atoms with E-state index in [9.17, 15) is 0 Å². The molecule has 0 unspecified atom stereocenters. The SMILES string of the molecule is Cc1nnsc1CN(C)Cc1cnc(-c2ccccn2)nc1. The molecule has 112 valence electrons. The van der Waals surface area contributed by atoms with Gasteiger partial charge in [0, 0.05) is 37.2 Å². The van der Waals surface area contributed by atoms with Crippen LogP contribution in [0.1, 0.15) is 16.1 Å². The van der Waals surface area contributed by atoms with Gasteiger partial charge >= 0.3 is 0 Å². The summed E-state index contributed by atoms with van der Waals surface area (Å²) in [4.78, 5) is 16.4. The van der Waals surface area contributed by atoms with Gasteiger partial charge in [-0.25, -0.2) is 9.97 Å². The summed E-state index contributed by atoms with van der Waals surface area (Å²) in [6, 6.07) is 5.71. The van der Waals surface area contributed by atoms with Crippen LogP contribution in [0, 0.1) is 6.92 Å². The molecule has 0 saturated heterocycles. The first-order chi connectivity index (χ1) is 10.7. The molecule has 3 aromatic rings. The number of rotatable bonds is 5. The zero-order chi connectivity index (χ0) is 15.4. The Morgan fingerprint density at radius 3 is 2.55 bits per heavy atom. The van der Waals surface area contributed by atoms with Crippen molar-refractivity contribution in [1.29, 1.82) is 0 Å². The highest BCUT2D eigenvalue weighted by molar-refractivity contribution is 7.05. The van der Waals surface area contributed by atoms with E-state index in [4.69, 9.17) is 0 Å². The molecule has 3 aromatic heterocycles. The standard InChI is InChI=1S/C15H16N6S/c1-11-14(22-20-19-11)10-21(2)9-12-7-17-15(18-8-12)13-5-3-4-6-16-13/h3-8H,9-10H2,1-2H3. The molecule has 0 fully saturated rings. The van der Waals surface area contributed by atoms with Gasteiger partial charge in [0.05, 0.1) is 10.6 Å². The lowest BCUT2D eigenvalue weighted by Gasteiger charge is -2.15. The van der Waals surface area contributed by atoms with Crippen molar-refractivity contribution in [1.82, 2.24) is 29.4 Å².